The number of amides is 1. The van der Waals surface area contributed by atoms with Gasteiger partial charge in [0.2, 0.25) is 0 Å². The molecule has 0 aliphatic rings. The van der Waals surface area contributed by atoms with E-state index in [2.05, 4.69) is 18.8 Å². The maximum Gasteiger partial charge on any atom is 0.255 e. The number of likely N-dealkylation sites (N-methyl/N-ethyl adjacent to an activating group) is 1. The van der Waals surface area contributed by atoms with Crippen LogP contribution in [0.5, 0.6) is 0 Å². The molecule has 1 heterocycles. The van der Waals surface area contributed by atoms with Gasteiger partial charge in [0, 0.05) is 32.6 Å². The molecule has 1 N–H and O–H groups in total. The summed E-state index contributed by atoms with van der Waals surface area (Å²) in [4.78, 5) is 17.8. The molecule has 0 aliphatic heterocycles. The Morgan fingerprint density at radius 1 is 1.47 bits per heavy atom. The third-order valence-electron chi connectivity index (χ3n) is 2.82. The molecule has 1 rings (SSSR count). The first-order valence-corrected chi connectivity index (χ1v) is 6.34. The van der Waals surface area contributed by atoms with Crippen molar-refractivity contribution in [1.29, 1.82) is 0 Å². The number of ether oxygens (including phenoxy) is 1. The number of aliphatic hydroxyl groups is 1. The van der Waals surface area contributed by atoms with E-state index in [-0.39, 0.29) is 19.1 Å². The molecule has 0 saturated carbocycles. The molecule has 0 spiro atoms. The van der Waals surface area contributed by atoms with Gasteiger partial charge in [-0.2, -0.15) is 0 Å². The summed E-state index contributed by atoms with van der Waals surface area (Å²) in [5, 5.41) is 9.60. The van der Waals surface area contributed by atoms with Gasteiger partial charge in [0.25, 0.3) is 5.91 Å². The molecule has 1 amide bonds. The molecule has 1 atom stereocenters. The van der Waals surface area contributed by atoms with Crippen molar-refractivity contribution in [3.8, 4) is 0 Å². The highest BCUT2D eigenvalue weighted by molar-refractivity contribution is 5.93. The summed E-state index contributed by atoms with van der Waals surface area (Å²) < 4.78 is 4.83. The lowest BCUT2D eigenvalue weighted by Crippen LogP contribution is -2.36. The van der Waals surface area contributed by atoms with Crippen molar-refractivity contribution in [2.45, 2.75) is 25.9 Å². The Morgan fingerprint density at radius 2 is 2.16 bits per heavy atom. The molecule has 5 nitrogen and oxygen atoms in total. The number of methoxy groups -OCH3 is 1. The molecular formula is C14H22N2O3. The van der Waals surface area contributed by atoms with E-state index in [1.807, 2.05) is 6.07 Å². The van der Waals surface area contributed by atoms with Crippen LogP contribution < -0.4 is 0 Å². The lowest BCUT2D eigenvalue weighted by molar-refractivity contribution is 0.0380. The van der Waals surface area contributed by atoms with Crippen LogP contribution in [0.25, 0.3) is 0 Å². The monoisotopic (exact) mass is 266 g/mol. The molecule has 0 aliphatic carbocycles. The van der Waals surface area contributed by atoms with Crippen molar-refractivity contribution in [3.63, 3.8) is 0 Å². The maximum absolute atomic E-state index is 12.1. The Kier molecular flexibility index (Phi) is 5.92. The normalized spacial score (nSPS) is 12.5. The highest BCUT2D eigenvalue weighted by Crippen LogP contribution is 2.12. The Morgan fingerprint density at radius 3 is 2.63 bits per heavy atom. The summed E-state index contributed by atoms with van der Waals surface area (Å²) in [6.45, 7) is 4.55. The van der Waals surface area contributed by atoms with E-state index in [0.717, 1.165) is 5.69 Å². The predicted molar refractivity (Wildman–Crippen MR) is 73.2 cm³/mol. The molecule has 19 heavy (non-hydrogen) atoms. The summed E-state index contributed by atoms with van der Waals surface area (Å²) in [6, 6.07) is 3.63. The molecule has 0 radical (unpaired) electrons. The second kappa shape index (κ2) is 7.21. The fourth-order valence-electron chi connectivity index (χ4n) is 1.74. The summed E-state index contributed by atoms with van der Waals surface area (Å²) >= 11 is 0. The average molecular weight is 266 g/mol. The van der Waals surface area contributed by atoms with Gasteiger partial charge in [-0.05, 0) is 18.1 Å². The van der Waals surface area contributed by atoms with Crippen LogP contribution in [0.3, 0.4) is 0 Å². The minimum atomic E-state index is -0.679. The molecule has 106 valence electrons. The van der Waals surface area contributed by atoms with Gasteiger partial charge in [-0.1, -0.05) is 13.8 Å². The van der Waals surface area contributed by atoms with Crippen molar-refractivity contribution in [1.82, 2.24) is 9.88 Å². The first-order chi connectivity index (χ1) is 8.95. The quantitative estimate of drug-likeness (QED) is 0.842. The number of hydrogen-bond donors (Lipinski definition) is 1. The van der Waals surface area contributed by atoms with Crippen LogP contribution >= 0.6 is 0 Å². The average Bonchev–Trinajstić information content (AvgIpc) is 2.38. The second-order valence-electron chi connectivity index (χ2n) is 4.92. The number of carbonyl (C=O) groups is 1. The smallest absolute Gasteiger partial charge is 0.255 e. The number of aromatic nitrogens is 1. The summed E-state index contributed by atoms with van der Waals surface area (Å²) in [6.07, 6.45) is 0.901. The third kappa shape index (κ3) is 4.61. The SMILES string of the molecule is COCC(O)CN(C)C(=O)c1ccc(C(C)C)nc1. The van der Waals surface area contributed by atoms with Crippen molar-refractivity contribution >= 4 is 5.91 Å². The van der Waals surface area contributed by atoms with E-state index in [1.54, 1.807) is 19.3 Å². The van der Waals surface area contributed by atoms with Crippen LogP contribution in [-0.4, -0.2) is 54.3 Å². The van der Waals surface area contributed by atoms with E-state index in [0.29, 0.717) is 11.5 Å². The largest absolute Gasteiger partial charge is 0.389 e. The van der Waals surface area contributed by atoms with E-state index in [9.17, 15) is 9.90 Å². The van der Waals surface area contributed by atoms with Crippen LogP contribution in [-0.2, 0) is 4.74 Å². The minimum absolute atomic E-state index is 0.155. The summed E-state index contributed by atoms with van der Waals surface area (Å²) in [7, 11) is 3.16. The lowest BCUT2D eigenvalue weighted by Gasteiger charge is -2.20. The molecule has 1 unspecified atom stereocenters. The molecule has 0 bridgehead atoms. The van der Waals surface area contributed by atoms with Gasteiger partial charge < -0.3 is 14.7 Å². The Hall–Kier alpha value is -1.46. The molecule has 1 aromatic rings. The standard InChI is InChI=1S/C14H22N2O3/c1-10(2)13-6-5-11(7-15-13)14(18)16(3)8-12(17)9-19-4/h5-7,10,12,17H,8-9H2,1-4H3. The number of carbonyl (C=O) groups excluding carboxylic acids is 1. The van der Waals surface area contributed by atoms with E-state index in [1.165, 1.54) is 12.0 Å². The van der Waals surface area contributed by atoms with Crippen molar-refractivity contribution in [2.24, 2.45) is 0 Å². The van der Waals surface area contributed by atoms with Crippen LogP contribution in [0.2, 0.25) is 0 Å². The first-order valence-electron chi connectivity index (χ1n) is 6.34. The molecule has 5 heteroatoms. The van der Waals surface area contributed by atoms with E-state index in [4.69, 9.17) is 4.74 Å². The van der Waals surface area contributed by atoms with Gasteiger partial charge >= 0.3 is 0 Å². The Balaban J connectivity index is 2.66. The Labute approximate surface area is 114 Å². The summed E-state index contributed by atoms with van der Waals surface area (Å²) in [5.74, 6) is 0.184. The highest BCUT2D eigenvalue weighted by Gasteiger charge is 2.16. The lowest BCUT2D eigenvalue weighted by atomic mass is 10.1. The van der Waals surface area contributed by atoms with Crippen molar-refractivity contribution in [3.05, 3.63) is 29.6 Å². The number of pyridine rings is 1. The zero-order valence-corrected chi connectivity index (χ0v) is 12.0. The number of hydrogen-bond acceptors (Lipinski definition) is 4. The van der Waals surface area contributed by atoms with Gasteiger partial charge in [-0.3, -0.25) is 9.78 Å². The zero-order chi connectivity index (χ0) is 14.4. The second-order valence-corrected chi connectivity index (χ2v) is 4.92. The van der Waals surface area contributed by atoms with Crippen molar-refractivity contribution in [2.75, 3.05) is 27.3 Å². The van der Waals surface area contributed by atoms with E-state index >= 15 is 0 Å². The fraction of sp³-hybridized carbons (Fsp3) is 0.571. The predicted octanol–water partition coefficient (Wildman–Crippen LogP) is 1.28. The van der Waals surface area contributed by atoms with E-state index < -0.39 is 6.10 Å². The maximum atomic E-state index is 12.1. The molecular weight excluding hydrogens is 244 g/mol. The highest BCUT2D eigenvalue weighted by atomic mass is 16.5. The van der Waals surface area contributed by atoms with Gasteiger partial charge in [-0.15, -0.1) is 0 Å². The van der Waals surface area contributed by atoms with Gasteiger partial charge in [0.15, 0.2) is 0 Å². The van der Waals surface area contributed by atoms with Crippen molar-refractivity contribution < 1.29 is 14.6 Å². The van der Waals surface area contributed by atoms with Gasteiger partial charge in [0.05, 0.1) is 18.3 Å². The molecule has 0 fully saturated rings. The Bertz CT molecular complexity index is 404. The van der Waals surface area contributed by atoms with Crippen LogP contribution in [0.15, 0.2) is 18.3 Å². The van der Waals surface area contributed by atoms with Gasteiger partial charge in [-0.25, -0.2) is 0 Å². The van der Waals surface area contributed by atoms with Crippen LogP contribution in [0.1, 0.15) is 35.8 Å². The topological polar surface area (TPSA) is 62.7 Å². The van der Waals surface area contributed by atoms with Crippen LogP contribution in [0, 0.1) is 0 Å². The molecule has 1 aromatic heterocycles. The zero-order valence-electron chi connectivity index (χ0n) is 12.0. The fourth-order valence-corrected chi connectivity index (χ4v) is 1.74. The molecule has 0 saturated heterocycles. The minimum Gasteiger partial charge on any atom is -0.389 e. The number of aliphatic hydroxyl groups excluding tert-OH is 1. The molecule has 0 aromatic carbocycles. The summed E-state index contributed by atoms with van der Waals surface area (Å²) in [5.41, 5.74) is 1.48. The first kappa shape index (κ1) is 15.6. The number of rotatable bonds is 6. The van der Waals surface area contributed by atoms with Crippen LogP contribution in [0.4, 0.5) is 0 Å². The van der Waals surface area contributed by atoms with Gasteiger partial charge in [0.1, 0.15) is 0 Å². The number of nitrogens with zero attached hydrogens (tertiary/aromatic N) is 2. The third-order valence-corrected chi connectivity index (χ3v) is 2.82.